The van der Waals surface area contributed by atoms with Crippen LogP contribution >= 0.6 is 23.2 Å². The first-order valence-electron chi connectivity index (χ1n) is 39.3. The topological polar surface area (TPSA) is 551 Å². The van der Waals surface area contributed by atoms with Crippen LogP contribution in [0.15, 0.2) is 133 Å². The first-order chi connectivity index (χ1) is 58.6. The SMILES string of the molecule is CN[C@H](CC(C)C)C(=O)N[C@H]1C(=O)N[C@@H](CC(N)=O)C(=O)N[C@H]2C(=O)N[C@H]3C(=O)N[C@H](C(=O)N[C@H](C(=O)O)c4cc(O)cc(O)c4-c4cc3ccc4O)[C@H](O)c3ccc(c(Cl)c3)Oc3cc2cc(c3OC2OC(CO)C(O)C(O)C2OC2CC(C)(NCc3ccc(OCCNc4cc(C)nc5ccccc45)cc3)C(O)C(C)O2)Oc2ccc(cc2Cl)[C@H]1O. The minimum Gasteiger partial charge on any atom is -0.508 e. The van der Waals surface area contributed by atoms with Crippen molar-refractivity contribution in [3.05, 3.63) is 183 Å². The van der Waals surface area contributed by atoms with E-state index >= 15 is 14.4 Å². The standard InChI is InChI=1S/C85H93Cl2N11O25/c1-36(2)23-53(89-6)77(109)97-68-70(104)41-14-19-57(49(86)26-41)119-59-28-43-29-60(74(59)123-84-75(73(107)72(106)61(35-99)121-84)122-63-33-85(5,76(108)38(4)118-63)91-34-39-11-16-45(17-12-39)117-22-21-90-52-24-37(3)92-51-10-8-7-9-46(51)52)120-58-20-15-42(27-50(58)87)71(105)69-82(114)96-67(83(115)116)48-30-44(100)31-56(102)64(48)47-25-40(13-18-55(47)101)65(79(111)98-69)95-80(112)66(43)94-78(110)54(32-62(88)103)93-81(68)113/h7-20,24-31,36,38,53-54,61,63,65-73,75-76,84,89,91,99-102,104-108H,21-23,32-35H2,1-6H3,(H2,88,103)(H,90,92)(H,93,113)(H,94,110)(H,95,112)(H,96,114)(H,97,109)(H,98,111)(H,115,116)/t38?,53-,54+,61?,63?,65-,66-,67+,68-,69+,70-,71-,72?,73?,75?,76?,84?,85?/m1/s1. The molecule has 7 aliphatic rings. The number of hydrogen-bond acceptors (Lipinski definition) is 28. The Morgan fingerprint density at radius 1 is 0.707 bits per heavy atom. The molecule has 0 saturated carbocycles. The predicted molar refractivity (Wildman–Crippen MR) is 439 cm³/mol. The number of carbonyl (C=O) groups excluding carboxylic acids is 7. The maximum Gasteiger partial charge on any atom is 0.330 e. The third-order valence-corrected chi connectivity index (χ3v) is 22.5. The zero-order valence-corrected chi connectivity index (χ0v) is 68.4. The number of likely N-dealkylation sites (N-methyl/N-ethyl adjacent to an activating group) is 1. The number of aliphatic hydroxyl groups is 6. The van der Waals surface area contributed by atoms with Crippen molar-refractivity contribution in [2.24, 2.45) is 11.7 Å². The number of phenolic OH excluding ortho intramolecular Hbond substituents is 3. The molecule has 18 atom stereocenters. The molecule has 38 heteroatoms. The van der Waals surface area contributed by atoms with Gasteiger partial charge in [-0.1, -0.05) is 85.6 Å². The van der Waals surface area contributed by atoms with Crippen molar-refractivity contribution in [1.82, 2.24) is 47.5 Å². The maximum absolute atomic E-state index is 16.2. The van der Waals surface area contributed by atoms with Gasteiger partial charge < -0.3 is 138 Å². The van der Waals surface area contributed by atoms with Crippen LogP contribution in [0.4, 0.5) is 5.69 Å². The number of carboxylic acids is 1. The molecule has 2 saturated heterocycles. The number of carboxylic acid groups (broad SMARTS) is 1. The Hall–Kier alpha value is -11.8. The molecule has 21 N–H and O–H groups in total. The number of aromatic nitrogens is 1. The Kier molecular flexibility index (Phi) is 27.2. The Morgan fingerprint density at radius 2 is 1.36 bits per heavy atom. The number of halogens is 2. The number of carbonyl (C=O) groups is 8. The van der Waals surface area contributed by atoms with Crippen LogP contribution in [0.2, 0.25) is 10.0 Å². The first-order valence-corrected chi connectivity index (χ1v) is 40.1. The summed E-state index contributed by atoms with van der Waals surface area (Å²) in [5.74, 6) is -15.5. The van der Waals surface area contributed by atoms with E-state index in [4.69, 9.17) is 62.1 Å². The molecule has 1 aromatic heterocycles. The lowest BCUT2D eigenvalue weighted by atomic mass is 9.84. The highest BCUT2D eigenvalue weighted by molar-refractivity contribution is 6.32. The third-order valence-electron chi connectivity index (χ3n) is 21.9. The van der Waals surface area contributed by atoms with Crippen LogP contribution in [-0.2, 0) is 59.1 Å². The predicted octanol–water partition coefficient (Wildman–Crippen LogP) is 4.28. The van der Waals surface area contributed by atoms with Gasteiger partial charge in [0.15, 0.2) is 29.9 Å². The van der Waals surface area contributed by atoms with Crippen molar-refractivity contribution in [2.45, 2.75) is 170 Å². The van der Waals surface area contributed by atoms with Crippen LogP contribution in [0.3, 0.4) is 0 Å². The zero-order chi connectivity index (χ0) is 88.3. The number of anilines is 1. The van der Waals surface area contributed by atoms with Gasteiger partial charge in [-0.15, -0.1) is 0 Å². The highest BCUT2D eigenvalue weighted by Gasteiger charge is 2.52. The fraction of sp³-hybridized carbons (Fsp3) is 0.376. The van der Waals surface area contributed by atoms with Gasteiger partial charge in [0.25, 0.3) is 0 Å². The second-order valence-electron chi connectivity index (χ2n) is 31.2. The monoisotopic (exact) mass is 1740 g/mol. The van der Waals surface area contributed by atoms with Gasteiger partial charge in [0.2, 0.25) is 53.4 Å². The Labute approximate surface area is 712 Å². The molecule has 123 heavy (non-hydrogen) atoms. The van der Waals surface area contributed by atoms with E-state index in [9.17, 15) is 75.0 Å². The van der Waals surface area contributed by atoms with Crippen molar-refractivity contribution >= 4 is 87.1 Å². The summed E-state index contributed by atoms with van der Waals surface area (Å²) in [5, 5.41) is 141. The number of rotatable bonds is 21. The van der Waals surface area contributed by atoms with Crippen LogP contribution in [0.5, 0.6) is 51.7 Å². The zero-order valence-electron chi connectivity index (χ0n) is 66.9. The first kappa shape index (κ1) is 89.0. The van der Waals surface area contributed by atoms with E-state index in [1.807, 2.05) is 63.2 Å². The number of hydrogen-bond donors (Lipinski definition) is 20. The van der Waals surface area contributed by atoms with E-state index in [0.717, 1.165) is 94.6 Å². The second kappa shape index (κ2) is 37.5. The summed E-state index contributed by atoms with van der Waals surface area (Å²) in [6.07, 6.45) is -18.8. The van der Waals surface area contributed by atoms with Gasteiger partial charge in [0.05, 0.1) is 46.8 Å². The molecular weight excluding hydrogens is 1650 g/mol. The average molecular weight is 1740 g/mol. The summed E-state index contributed by atoms with van der Waals surface area (Å²) >= 11 is 14.3. The highest BCUT2D eigenvalue weighted by Crippen LogP contribution is 2.50. The minimum atomic E-state index is -2.37. The van der Waals surface area contributed by atoms with Crippen LogP contribution in [0.1, 0.15) is 116 Å². The lowest BCUT2D eigenvalue weighted by Gasteiger charge is -2.48. The molecule has 7 amide bonds. The number of pyridine rings is 1. The van der Waals surface area contributed by atoms with Crippen LogP contribution in [-0.4, -0.2) is 209 Å². The molecule has 652 valence electrons. The lowest BCUT2D eigenvalue weighted by Crippen LogP contribution is -2.65. The van der Waals surface area contributed by atoms with Crippen LogP contribution < -0.4 is 72.5 Å². The van der Waals surface area contributed by atoms with Crippen molar-refractivity contribution in [3.8, 4) is 62.9 Å². The molecule has 36 nitrogen and oxygen atoms in total. The fourth-order valence-corrected chi connectivity index (χ4v) is 15.9. The number of amides is 7. The average Bonchev–Trinajstić information content (AvgIpc) is 0.762. The molecule has 9 unspecified atom stereocenters. The number of phenols is 3. The molecular formula is C85H93Cl2N11O25. The summed E-state index contributed by atoms with van der Waals surface area (Å²) in [4.78, 5) is 123. The second-order valence-corrected chi connectivity index (χ2v) is 32.0. The van der Waals surface area contributed by atoms with Crippen molar-refractivity contribution in [1.29, 1.82) is 0 Å². The molecule has 8 aromatic rings. The van der Waals surface area contributed by atoms with Gasteiger partial charge >= 0.3 is 5.97 Å². The third kappa shape index (κ3) is 19.7. The Bertz CT molecular complexity index is 5360. The van der Waals surface area contributed by atoms with E-state index in [2.05, 4.69) is 52.8 Å². The number of ether oxygens (including phenoxy) is 7. The molecule has 7 aromatic carbocycles. The molecule has 0 aliphatic carbocycles. The van der Waals surface area contributed by atoms with E-state index in [0.29, 0.717) is 18.9 Å². The van der Waals surface area contributed by atoms with Crippen LogP contribution in [0.25, 0.3) is 22.0 Å². The van der Waals surface area contributed by atoms with E-state index in [-0.39, 0.29) is 52.8 Å². The van der Waals surface area contributed by atoms with Gasteiger partial charge in [-0.25, -0.2) is 4.79 Å². The minimum absolute atomic E-state index is 0.110. The van der Waals surface area contributed by atoms with Gasteiger partial charge in [0.1, 0.15) is 102 Å². The van der Waals surface area contributed by atoms with Gasteiger partial charge in [0, 0.05) is 64.6 Å². The molecule has 11 bridgehead atoms. The van der Waals surface area contributed by atoms with E-state index in [1.165, 1.54) is 19.2 Å². The lowest BCUT2D eigenvalue weighted by molar-refractivity contribution is -0.334. The number of fused-ring (bicyclic) bond motifs is 16. The number of nitrogens with two attached hydrogens (primary N) is 1. The summed E-state index contributed by atoms with van der Waals surface area (Å²) in [7, 11) is 1.48. The number of nitrogens with zero attached hydrogens (tertiary/aromatic N) is 1. The largest absolute Gasteiger partial charge is 0.508 e. The Morgan fingerprint density at radius 3 is 2.01 bits per heavy atom. The summed E-state index contributed by atoms with van der Waals surface area (Å²) in [5.41, 5.74) is 5.07. The Balaban J connectivity index is 0.923. The molecule has 15 rings (SSSR count). The van der Waals surface area contributed by atoms with Crippen molar-refractivity contribution in [2.75, 3.05) is 32.1 Å². The number of para-hydroxylation sites is 1. The van der Waals surface area contributed by atoms with E-state index < -0.39 is 237 Å². The number of aromatic hydroxyl groups is 3. The number of benzene rings is 7. The summed E-state index contributed by atoms with van der Waals surface area (Å²) < 4.78 is 45.7. The maximum atomic E-state index is 16.2. The summed E-state index contributed by atoms with van der Waals surface area (Å²) in [6.45, 7) is 8.83. The van der Waals surface area contributed by atoms with Gasteiger partial charge in [-0.2, -0.15) is 0 Å². The molecule has 8 heterocycles. The molecule has 0 spiro atoms. The van der Waals surface area contributed by atoms with Crippen molar-refractivity contribution in [3.63, 3.8) is 0 Å². The summed E-state index contributed by atoms with van der Waals surface area (Å²) in [6, 6.07) is 16.4. The quantitative estimate of drug-likeness (QED) is 0.0446. The van der Waals surface area contributed by atoms with Gasteiger partial charge in [-0.3, -0.25) is 38.5 Å². The normalized spacial score (nSPS) is 26.2. The number of nitrogens with one attached hydrogen (secondary N) is 9. The fourth-order valence-electron chi connectivity index (χ4n) is 15.5. The molecule has 7 aliphatic heterocycles. The van der Waals surface area contributed by atoms with Gasteiger partial charge in [-0.05, 0) is 147 Å². The number of primary amides is 1. The highest BCUT2D eigenvalue weighted by atomic mass is 35.5. The number of aliphatic carboxylic acids is 1. The smallest absolute Gasteiger partial charge is 0.330 e. The molecule has 2 fully saturated rings. The van der Waals surface area contributed by atoms with E-state index in [1.54, 1.807) is 26.0 Å². The van der Waals surface area contributed by atoms with Crippen molar-refractivity contribution < 1.29 is 123 Å². The number of aliphatic hydroxyl groups excluding tert-OH is 6. The van der Waals surface area contributed by atoms with Crippen LogP contribution in [0, 0.1) is 12.8 Å². The number of aryl methyl sites for hydroxylation is 1. The molecule has 0 radical (unpaired) electrons.